The van der Waals surface area contributed by atoms with Crippen LogP contribution in [0.5, 0.6) is 0 Å². The van der Waals surface area contributed by atoms with Gasteiger partial charge in [0.25, 0.3) is 0 Å². The number of amides is 1. The van der Waals surface area contributed by atoms with Crippen molar-refractivity contribution in [3.8, 4) is 6.07 Å². The first-order valence-corrected chi connectivity index (χ1v) is 8.80. The molecular weight excluding hydrogens is 302 g/mol. The molecule has 3 heterocycles. The lowest BCUT2D eigenvalue weighted by Gasteiger charge is -2.38. The van der Waals surface area contributed by atoms with Gasteiger partial charge in [-0.3, -0.25) is 9.69 Å². The molecule has 0 aromatic carbocycles. The monoisotopic (exact) mass is 327 g/mol. The highest BCUT2D eigenvalue weighted by Crippen LogP contribution is 2.18. The molecule has 0 bridgehead atoms. The predicted octanol–water partition coefficient (Wildman–Crippen LogP) is 1.48. The molecule has 3 rings (SSSR count). The molecule has 128 valence electrons. The summed E-state index contributed by atoms with van der Waals surface area (Å²) in [7, 11) is 0. The van der Waals surface area contributed by atoms with E-state index in [0.717, 1.165) is 51.3 Å². The first kappa shape index (κ1) is 16.7. The lowest BCUT2D eigenvalue weighted by atomic mass is 10.0. The van der Waals surface area contributed by atoms with Crippen molar-refractivity contribution in [3.63, 3.8) is 0 Å². The van der Waals surface area contributed by atoms with Crippen molar-refractivity contribution in [2.45, 2.75) is 32.2 Å². The second kappa shape index (κ2) is 7.63. The summed E-state index contributed by atoms with van der Waals surface area (Å²) in [6.45, 7) is 7.14. The van der Waals surface area contributed by atoms with Gasteiger partial charge in [-0.05, 0) is 38.3 Å². The van der Waals surface area contributed by atoms with Crippen LogP contribution in [0.1, 0.15) is 31.9 Å². The topological polar surface area (TPSA) is 63.5 Å². The zero-order valence-electron chi connectivity index (χ0n) is 14.3. The van der Waals surface area contributed by atoms with Gasteiger partial charge in [-0.25, -0.2) is 4.98 Å². The van der Waals surface area contributed by atoms with Crippen LogP contribution in [0.4, 0.5) is 5.69 Å². The Kier molecular flexibility index (Phi) is 5.31. The molecule has 24 heavy (non-hydrogen) atoms. The lowest BCUT2D eigenvalue weighted by Crippen LogP contribution is -2.52. The molecule has 1 amide bonds. The Labute approximate surface area is 143 Å². The molecule has 0 saturated carbocycles. The minimum atomic E-state index is 0.274. The summed E-state index contributed by atoms with van der Waals surface area (Å²) < 4.78 is 0. The lowest BCUT2D eigenvalue weighted by molar-refractivity contribution is -0.135. The summed E-state index contributed by atoms with van der Waals surface area (Å²) in [5, 5.41) is 8.81. The van der Waals surface area contributed by atoms with E-state index < -0.39 is 0 Å². The third kappa shape index (κ3) is 3.85. The van der Waals surface area contributed by atoms with Gasteiger partial charge in [-0.2, -0.15) is 5.26 Å². The summed E-state index contributed by atoms with van der Waals surface area (Å²) in [6.07, 6.45) is 5.26. The fourth-order valence-corrected chi connectivity index (χ4v) is 3.55. The summed E-state index contributed by atoms with van der Waals surface area (Å²) in [5.41, 5.74) is 1.49. The molecule has 0 radical (unpaired) electrons. The summed E-state index contributed by atoms with van der Waals surface area (Å²) in [4.78, 5) is 23.2. The Hall–Kier alpha value is -2.13. The van der Waals surface area contributed by atoms with Crippen LogP contribution in [0.2, 0.25) is 0 Å². The molecule has 6 heteroatoms. The molecule has 6 nitrogen and oxygen atoms in total. The van der Waals surface area contributed by atoms with Crippen molar-refractivity contribution in [2.24, 2.45) is 0 Å². The Morgan fingerprint density at radius 2 is 2.04 bits per heavy atom. The molecule has 0 N–H and O–H groups in total. The third-order valence-electron chi connectivity index (χ3n) is 5.08. The average molecular weight is 327 g/mol. The maximum Gasteiger partial charge on any atom is 0.236 e. The Morgan fingerprint density at radius 1 is 1.25 bits per heavy atom. The number of carbonyl (C=O) groups is 1. The molecular formula is C18H25N5O. The number of carbonyl (C=O) groups excluding carboxylic acids is 1. The quantitative estimate of drug-likeness (QED) is 0.841. The Bertz CT molecular complexity index is 601. The molecule has 0 spiro atoms. The zero-order valence-corrected chi connectivity index (χ0v) is 14.3. The molecule has 1 aromatic heterocycles. The van der Waals surface area contributed by atoms with E-state index in [2.05, 4.69) is 26.6 Å². The predicted molar refractivity (Wildman–Crippen MR) is 92.6 cm³/mol. The van der Waals surface area contributed by atoms with E-state index in [1.165, 1.54) is 6.42 Å². The third-order valence-corrected chi connectivity index (χ3v) is 5.08. The molecule has 2 fully saturated rings. The standard InChI is InChI=1S/C18H25N5O/c1-15-4-2-3-7-23(15)18(24)14-21-8-10-22(11-9-21)17-6-5-16(12-19)20-13-17/h5-6,13,15H,2-4,7-11,14H2,1H3. The average Bonchev–Trinajstić information content (AvgIpc) is 2.63. The number of pyridine rings is 1. The Balaban J connectivity index is 1.49. The van der Waals surface area contributed by atoms with Crippen molar-refractivity contribution in [2.75, 3.05) is 44.2 Å². The van der Waals surface area contributed by atoms with E-state index in [0.29, 0.717) is 18.3 Å². The van der Waals surface area contributed by atoms with Crippen LogP contribution < -0.4 is 4.90 Å². The highest BCUT2D eigenvalue weighted by molar-refractivity contribution is 5.78. The van der Waals surface area contributed by atoms with Gasteiger partial charge in [0.05, 0.1) is 18.4 Å². The van der Waals surface area contributed by atoms with Crippen molar-refractivity contribution in [3.05, 3.63) is 24.0 Å². The van der Waals surface area contributed by atoms with Gasteiger partial charge < -0.3 is 9.80 Å². The second-order valence-corrected chi connectivity index (χ2v) is 6.71. The van der Waals surface area contributed by atoms with E-state index in [1.54, 1.807) is 12.3 Å². The molecule has 2 aliphatic rings. The number of anilines is 1. The Morgan fingerprint density at radius 3 is 2.67 bits per heavy atom. The fourth-order valence-electron chi connectivity index (χ4n) is 3.55. The summed E-state index contributed by atoms with van der Waals surface area (Å²) in [6, 6.07) is 6.13. The van der Waals surface area contributed by atoms with Crippen LogP contribution in [0.25, 0.3) is 0 Å². The molecule has 1 aromatic rings. The second-order valence-electron chi connectivity index (χ2n) is 6.71. The van der Waals surface area contributed by atoms with E-state index in [9.17, 15) is 4.79 Å². The number of aromatic nitrogens is 1. The molecule has 1 atom stereocenters. The van der Waals surface area contributed by atoms with E-state index in [1.807, 2.05) is 12.1 Å². The number of rotatable bonds is 3. The van der Waals surface area contributed by atoms with Gasteiger partial charge in [0, 0.05) is 38.8 Å². The molecule has 2 aliphatic heterocycles. The number of hydrogen-bond donors (Lipinski definition) is 0. The maximum absolute atomic E-state index is 12.5. The van der Waals surface area contributed by atoms with Crippen LogP contribution in [0.15, 0.2) is 18.3 Å². The number of hydrogen-bond acceptors (Lipinski definition) is 5. The van der Waals surface area contributed by atoms with Gasteiger partial charge in [0.15, 0.2) is 0 Å². The van der Waals surface area contributed by atoms with Crippen molar-refractivity contribution >= 4 is 11.6 Å². The van der Waals surface area contributed by atoms with E-state index in [-0.39, 0.29) is 5.91 Å². The minimum Gasteiger partial charge on any atom is -0.368 e. The largest absolute Gasteiger partial charge is 0.368 e. The summed E-state index contributed by atoms with van der Waals surface area (Å²) >= 11 is 0. The number of nitrogens with zero attached hydrogens (tertiary/aromatic N) is 5. The molecule has 1 unspecified atom stereocenters. The smallest absolute Gasteiger partial charge is 0.236 e. The van der Waals surface area contributed by atoms with Gasteiger partial charge in [0.2, 0.25) is 5.91 Å². The first-order valence-electron chi connectivity index (χ1n) is 8.80. The number of piperazine rings is 1. The van der Waals surface area contributed by atoms with Crippen molar-refractivity contribution < 1.29 is 4.79 Å². The van der Waals surface area contributed by atoms with Gasteiger partial charge >= 0.3 is 0 Å². The minimum absolute atomic E-state index is 0.274. The SMILES string of the molecule is CC1CCCCN1C(=O)CN1CCN(c2ccc(C#N)nc2)CC1. The number of likely N-dealkylation sites (tertiary alicyclic amines) is 1. The van der Waals surface area contributed by atoms with Crippen LogP contribution in [-0.4, -0.2) is 66.0 Å². The first-order chi connectivity index (χ1) is 11.7. The summed E-state index contributed by atoms with van der Waals surface area (Å²) in [5.74, 6) is 0.274. The van der Waals surface area contributed by atoms with Gasteiger partial charge in [0.1, 0.15) is 11.8 Å². The van der Waals surface area contributed by atoms with Gasteiger partial charge in [-0.1, -0.05) is 0 Å². The normalized spacial score (nSPS) is 22.2. The number of piperidine rings is 1. The van der Waals surface area contributed by atoms with E-state index in [4.69, 9.17) is 5.26 Å². The fraction of sp³-hybridized carbons (Fsp3) is 0.611. The van der Waals surface area contributed by atoms with Crippen LogP contribution in [0.3, 0.4) is 0 Å². The zero-order chi connectivity index (χ0) is 16.9. The van der Waals surface area contributed by atoms with Crippen LogP contribution >= 0.6 is 0 Å². The highest BCUT2D eigenvalue weighted by Gasteiger charge is 2.26. The van der Waals surface area contributed by atoms with Crippen LogP contribution in [0, 0.1) is 11.3 Å². The highest BCUT2D eigenvalue weighted by atomic mass is 16.2. The van der Waals surface area contributed by atoms with E-state index >= 15 is 0 Å². The van der Waals surface area contributed by atoms with Crippen molar-refractivity contribution in [1.82, 2.24) is 14.8 Å². The van der Waals surface area contributed by atoms with Crippen LogP contribution in [-0.2, 0) is 4.79 Å². The maximum atomic E-state index is 12.5. The van der Waals surface area contributed by atoms with Gasteiger partial charge in [-0.15, -0.1) is 0 Å². The molecule has 2 saturated heterocycles. The molecule has 0 aliphatic carbocycles. The van der Waals surface area contributed by atoms with Crippen molar-refractivity contribution in [1.29, 1.82) is 5.26 Å². The number of nitriles is 1.